The van der Waals surface area contributed by atoms with E-state index in [0.29, 0.717) is 42.7 Å². The van der Waals surface area contributed by atoms with Crippen LogP contribution in [0.15, 0.2) is 36.5 Å². The number of carbonyl (C=O) groups excluding carboxylic acids is 1. The van der Waals surface area contributed by atoms with Gasteiger partial charge < -0.3 is 14.8 Å². The lowest BCUT2D eigenvalue weighted by molar-refractivity contribution is 0.0954. The van der Waals surface area contributed by atoms with E-state index >= 15 is 0 Å². The summed E-state index contributed by atoms with van der Waals surface area (Å²) >= 11 is 6.24. The first-order chi connectivity index (χ1) is 14.4. The number of rotatable bonds is 5. The summed E-state index contributed by atoms with van der Waals surface area (Å²) in [5, 5.41) is 7.41. The van der Waals surface area contributed by atoms with Gasteiger partial charge in [0.2, 0.25) is 0 Å². The van der Waals surface area contributed by atoms with Crippen molar-refractivity contribution in [2.45, 2.75) is 6.42 Å². The molecule has 0 saturated heterocycles. The third-order valence-electron chi connectivity index (χ3n) is 4.62. The van der Waals surface area contributed by atoms with Gasteiger partial charge in [0.05, 0.1) is 10.6 Å². The van der Waals surface area contributed by atoms with Crippen molar-refractivity contribution < 1.29 is 23.0 Å². The highest BCUT2D eigenvalue weighted by molar-refractivity contribution is 6.32. The Kier molecular flexibility index (Phi) is 5.59. The van der Waals surface area contributed by atoms with Gasteiger partial charge in [0.25, 0.3) is 5.91 Å². The minimum atomic E-state index is -0.784. The topological polar surface area (TPSA) is 65.4 Å². The fraction of sp³-hybridized carbons (Fsp3) is 0.238. The normalized spacial score (nSPS) is 12.7. The maximum Gasteiger partial charge on any atom is 0.255 e. The Labute approximate surface area is 176 Å². The average molecular weight is 434 g/mol. The van der Waals surface area contributed by atoms with Crippen molar-refractivity contribution in [3.05, 3.63) is 64.3 Å². The molecule has 30 heavy (non-hydrogen) atoms. The molecule has 1 aliphatic rings. The van der Waals surface area contributed by atoms with Crippen LogP contribution in [-0.2, 0) is 13.5 Å². The van der Waals surface area contributed by atoms with E-state index in [1.54, 1.807) is 13.1 Å². The monoisotopic (exact) mass is 433 g/mol. The predicted octanol–water partition coefficient (Wildman–Crippen LogP) is 3.76. The fourth-order valence-electron chi connectivity index (χ4n) is 3.26. The molecule has 0 atom stereocenters. The summed E-state index contributed by atoms with van der Waals surface area (Å²) in [5.74, 6) is -0.788. The van der Waals surface area contributed by atoms with Crippen molar-refractivity contribution in [2.75, 3.05) is 19.8 Å². The number of halogens is 3. The third kappa shape index (κ3) is 4.09. The molecule has 9 heteroatoms. The Bertz CT molecular complexity index is 1120. The van der Waals surface area contributed by atoms with E-state index < -0.39 is 17.5 Å². The molecule has 1 amide bonds. The molecule has 4 rings (SSSR count). The van der Waals surface area contributed by atoms with Crippen LogP contribution in [0.4, 0.5) is 8.78 Å². The molecule has 156 valence electrons. The minimum absolute atomic E-state index is 0.0563. The summed E-state index contributed by atoms with van der Waals surface area (Å²) in [6.45, 7) is 1.21. The maximum absolute atomic E-state index is 14.2. The van der Waals surface area contributed by atoms with Crippen LogP contribution in [0.25, 0.3) is 11.3 Å². The van der Waals surface area contributed by atoms with Gasteiger partial charge in [0, 0.05) is 31.4 Å². The van der Waals surface area contributed by atoms with Crippen molar-refractivity contribution in [3.8, 4) is 22.8 Å². The molecule has 0 fully saturated rings. The zero-order valence-corrected chi connectivity index (χ0v) is 16.8. The average Bonchev–Trinajstić information content (AvgIpc) is 3.09. The van der Waals surface area contributed by atoms with E-state index in [1.807, 2.05) is 6.07 Å². The van der Waals surface area contributed by atoms with Gasteiger partial charge >= 0.3 is 0 Å². The van der Waals surface area contributed by atoms with Crippen LogP contribution >= 0.6 is 11.6 Å². The number of hydrogen-bond donors (Lipinski definition) is 1. The zero-order chi connectivity index (χ0) is 21.3. The van der Waals surface area contributed by atoms with Crippen LogP contribution in [0.1, 0.15) is 15.9 Å². The SMILES string of the molecule is Cn1cc(C(=O)NCCc2cc(Cl)c3c(c2)OCCO3)c(-c2ccc(F)cc2F)n1. The molecule has 1 N–H and O–H groups in total. The second-order valence-electron chi connectivity index (χ2n) is 6.80. The van der Waals surface area contributed by atoms with Gasteiger partial charge in [0.15, 0.2) is 11.5 Å². The molecule has 0 unspecified atom stereocenters. The lowest BCUT2D eigenvalue weighted by atomic mass is 10.1. The molecule has 0 aliphatic carbocycles. The first-order valence-electron chi connectivity index (χ1n) is 9.27. The number of nitrogens with one attached hydrogen (secondary N) is 1. The van der Waals surface area contributed by atoms with E-state index in [9.17, 15) is 13.6 Å². The molecule has 1 aliphatic heterocycles. The van der Waals surface area contributed by atoms with Gasteiger partial charge in [-0.1, -0.05) is 11.6 Å². The molecular weight excluding hydrogens is 416 g/mol. The molecule has 0 saturated carbocycles. The summed E-state index contributed by atoms with van der Waals surface area (Å²) in [4.78, 5) is 12.7. The van der Waals surface area contributed by atoms with E-state index in [-0.39, 0.29) is 16.8 Å². The van der Waals surface area contributed by atoms with Crippen molar-refractivity contribution in [1.29, 1.82) is 0 Å². The number of aryl methyl sites for hydroxylation is 1. The minimum Gasteiger partial charge on any atom is -0.486 e. The van der Waals surface area contributed by atoms with Crippen LogP contribution in [0, 0.1) is 11.6 Å². The Morgan fingerprint density at radius 3 is 2.83 bits per heavy atom. The van der Waals surface area contributed by atoms with Crippen LogP contribution in [0.5, 0.6) is 11.5 Å². The highest BCUT2D eigenvalue weighted by Gasteiger charge is 2.20. The standard InChI is InChI=1S/C21H18ClF2N3O3/c1-27-11-15(19(26-27)14-3-2-13(23)10-17(14)24)21(28)25-5-4-12-8-16(22)20-18(9-12)29-6-7-30-20/h2-3,8-11H,4-7H2,1H3,(H,25,28). The summed E-state index contributed by atoms with van der Waals surface area (Å²) in [6.07, 6.45) is 2.00. The van der Waals surface area contributed by atoms with E-state index in [1.165, 1.54) is 16.9 Å². The number of fused-ring (bicyclic) bond motifs is 1. The van der Waals surface area contributed by atoms with Gasteiger partial charge in [0.1, 0.15) is 30.5 Å². The van der Waals surface area contributed by atoms with Crippen LogP contribution in [0.2, 0.25) is 5.02 Å². The predicted molar refractivity (Wildman–Crippen MR) is 107 cm³/mol. The summed E-state index contributed by atoms with van der Waals surface area (Å²) in [6, 6.07) is 6.75. The number of nitrogens with zero attached hydrogens (tertiary/aromatic N) is 2. The Morgan fingerprint density at radius 2 is 2.03 bits per heavy atom. The van der Waals surface area contributed by atoms with Crippen molar-refractivity contribution in [1.82, 2.24) is 15.1 Å². The molecule has 6 nitrogen and oxygen atoms in total. The Morgan fingerprint density at radius 1 is 1.23 bits per heavy atom. The zero-order valence-electron chi connectivity index (χ0n) is 16.0. The first kappa shape index (κ1) is 20.2. The second-order valence-corrected chi connectivity index (χ2v) is 7.20. The molecule has 0 radical (unpaired) electrons. The molecule has 1 aromatic heterocycles. The molecule has 0 spiro atoms. The fourth-order valence-corrected chi connectivity index (χ4v) is 3.55. The molecule has 3 aromatic rings. The van der Waals surface area contributed by atoms with Gasteiger partial charge in [-0.25, -0.2) is 8.78 Å². The van der Waals surface area contributed by atoms with Crippen molar-refractivity contribution in [3.63, 3.8) is 0 Å². The van der Waals surface area contributed by atoms with Crippen LogP contribution in [-0.4, -0.2) is 35.4 Å². The molecular formula is C21H18ClF2N3O3. The first-order valence-corrected chi connectivity index (χ1v) is 9.65. The number of hydrogen-bond acceptors (Lipinski definition) is 4. The Balaban J connectivity index is 1.47. The van der Waals surface area contributed by atoms with Gasteiger partial charge in [-0.2, -0.15) is 5.10 Å². The molecule has 2 heterocycles. The third-order valence-corrected chi connectivity index (χ3v) is 4.90. The summed E-state index contributed by atoms with van der Waals surface area (Å²) < 4.78 is 39.9. The van der Waals surface area contributed by atoms with Gasteiger partial charge in [-0.05, 0) is 36.2 Å². The lowest BCUT2D eigenvalue weighted by Gasteiger charge is -2.20. The second kappa shape index (κ2) is 8.31. The number of aromatic nitrogens is 2. The number of amides is 1. The van der Waals surface area contributed by atoms with Gasteiger partial charge in [-0.15, -0.1) is 0 Å². The highest BCUT2D eigenvalue weighted by atomic mass is 35.5. The van der Waals surface area contributed by atoms with E-state index in [0.717, 1.165) is 17.7 Å². The number of ether oxygens (including phenoxy) is 2. The van der Waals surface area contributed by atoms with Crippen LogP contribution < -0.4 is 14.8 Å². The van der Waals surface area contributed by atoms with E-state index in [4.69, 9.17) is 21.1 Å². The van der Waals surface area contributed by atoms with E-state index in [2.05, 4.69) is 10.4 Å². The largest absolute Gasteiger partial charge is 0.486 e. The maximum atomic E-state index is 14.2. The van der Waals surface area contributed by atoms with Gasteiger partial charge in [-0.3, -0.25) is 9.48 Å². The number of carbonyl (C=O) groups is 1. The lowest BCUT2D eigenvalue weighted by Crippen LogP contribution is -2.26. The van der Waals surface area contributed by atoms with Crippen molar-refractivity contribution in [2.24, 2.45) is 7.05 Å². The van der Waals surface area contributed by atoms with Crippen LogP contribution in [0.3, 0.4) is 0 Å². The Hall–Kier alpha value is -3.13. The quantitative estimate of drug-likeness (QED) is 0.665. The number of benzene rings is 2. The van der Waals surface area contributed by atoms with Crippen molar-refractivity contribution >= 4 is 17.5 Å². The molecule has 2 aromatic carbocycles. The smallest absolute Gasteiger partial charge is 0.255 e. The molecule has 0 bridgehead atoms. The summed E-state index contributed by atoms with van der Waals surface area (Å²) in [5.41, 5.74) is 1.28. The summed E-state index contributed by atoms with van der Waals surface area (Å²) in [7, 11) is 1.62. The highest BCUT2D eigenvalue weighted by Crippen LogP contribution is 2.38.